The SMILES string of the molecule is CCCCN(C)c1cncc(CO)n1. The lowest BCUT2D eigenvalue weighted by Gasteiger charge is -2.17. The number of nitrogens with zero attached hydrogens (tertiary/aromatic N) is 3. The Morgan fingerprint density at radius 2 is 2.21 bits per heavy atom. The van der Waals surface area contributed by atoms with Gasteiger partial charge < -0.3 is 10.0 Å². The number of hydrogen-bond acceptors (Lipinski definition) is 4. The van der Waals surface area contributed by atoms with E-state index in [1.165, 1.54) is 0 Å². The topological polar surface area (TPSA) is 49.2 Å². The van der Waals surface area contributed by atoms with Gasteiger partial charge in [-0.15, -0.1) is 0 Å². The summed E-state index contributed by atoms with van der Waals surface area (Å²) in [6.45, 7) is 3.08. The smallest absolute Gasteiger partial charge is 0.147 e. The number of aliphatic hydroxyl groups excluding tert-OH is 1. The van der Waals surface area contributed by atoms with E-state index in [1.54, 1.807) is 12.4 Å². The fourth-order valence-electron chi connectivity index (χ4n) is 1.16. The summed E-state index contributed by atoms with van der Waals surface area (Å²) < 4.78 is 0. The number of hydrogen-bond donors (Lipinski definition) is 1. The van der Waals surface area contributed by atoms with E-state index < -0.39 is 0 Å². The van der Waals surface area contributed by atoms with Gasteiger partial charge in [0.1, 0.15) is 5.82 Å². The molecule has 78 valence electrons. The molecule has 0 aromatic carbocycles. The first-order chi connectivity index (χ1) is 6.77. The van der Waals surface area contributed by atoms with Crippen molar-refractivity contribution in [1.29, 1.82) is 0 Å². The molecule has 0 bridgehead atoms. The monoisotopic (exact) mass is 195 g/mol. The van der Waals surface area contributed by atoms with Crippen LogP contribution in [0.4, 0.5) is 5.82 Å². The molecule has 4 heteroatoms. The zero-order valence-electron chi connectivity index (χ0n) is 8.77. The Hall–Kier alpha value is -1.16. The first-order valence-corrected chi connectivity index (χ1v) is 4.90. The number of aliphatic hydroxyl groups is 1. The fourth-order valence-corrected chi connectivity index (χ4v) is 1.16. The quantitative estimate of drug-likeness (QED) is 0.767. The third-order valence-corrected chi connectivity index (χ3v) is 2.07. The fraction of sp³-hybridized carbons (Fsp3) is 0.600. The third kappa shape index (κ3) is 2.96. The molecule has 4 nitrogen and oxygen atoms in total. The van der Waals surface area contributed by atoms with Crippen LogP contribution >= 0.6 is 0 Å². The molecule has 0 saturated carbocycles. The zero-order valence-corrected chi connectivity index (χ0v) is 8.77. The summed E-state index contributed by atoms with van der Waals surface area (Å²) in [5, 5.41) is 8.90. The van der Waals surface area contributed by atoms with E-state index in [9.17, 15) is 0 Å². The van der Waals surface area contributed by atoms with Gasteiger partial charge in [-0.25, -0.2) is 4.98 Å². The van der Waals surface area contributed by atoms with Crippen molar-refractivity contribution in [3.63, 3.8) is 0 Å². The van der Waals surface area contributed by atoms with Crippen LogP contribution in [0, 0.1) is 0 Å². The summed E-state index contributed by atoms with van der Waals surface area (Å²) in [7, 11) is 1.99. The van der Waals surface area contributed by atoms with Crippen molar-refractivity contribution in [2.45, 2.75) is 26.4 Å². The van der Waals surface area contributed by atoms with Crippen molar-refractivity contribution in [3.8, 4) is 0 Å². The maximum absolute atomic E-state index is 8.90. The highest BCUT2D eigenvalue weighted by Crippen LogP contribution is 2.08. The largest absolute Gasteiger partial charge is 0.390 e. The lowest BCUT2D eigenvalue weighted by Crippen LogP contribution is -2.20. The molecule has 14 heavy (non-hydrogen) atoms. The summed E-state index contributed by atoms with van der Waals surface area (Å²) in [6.07, 6.45) is 5.60. The van der Waals surface area contributed by atoms with E-state index >= 15 is 0 Å². The van der Waals surface area contributed by atoms with Gasteiger partial charge in [-0.2, -0.15) is 0 Å². The Morgan fingerprint density at radius 3 is 2.86 bits per heavy atom. The molecular formula is C10H17N3O. The molecule has 0 amide bonds. The van der Waals surface area contributed by atoms with Crippen LogP contribution < -0.4 is 4.90 Å². The van der Waals surface area contributed by atoms with Crippen LogP contribution in [0.5, 0.6) is 0 Å². The van der Waals surface area contributed by atoms with E-state index in [4.69, 9.17) is 5.11 Å². The van der Waals surface area contributed by atoms with Crippen molar-refractivity contribution in [1.82, 2.24) is 9.97 Å². The van der Waals surface area contributed by atoms with E-state index in [1.807, 2.05) is 7.05 Å². The van der Waals surface area contributed by atoms with Crippen LogP contribution in [0.25, 0.3) is 0 Å². The summed E-state index contributed by atoms with van der Waals surface area (Å²) >= 11 is 0. The highest BCUT2D eigenvalue weighted by atomic mass is 16.3. The minimum atomic E-state index is -0.0531. The van der Waals surface area contributed by atoms with Crippen LogP contribution in [0.15, 0.2) is 12.4 Å². The van der Waals surface area contributed by atoms with E-state index in [0.29, 0.717) is 5.69 Å². The van der Waals surface area contributed by atoms with Crippen LogP contribution in [0.3, 0.4) is 0 Å². The zero-order chi connectivity index (χ0) is 10.4. The van der Waals surface area contributed by atoms with Crippen LogP contribution in [-0.4, -0.2) is 28.7 Å². The lowest BCUT2D eigenvalue weighted by molar-refractivity contribution is 0.276. The van der Waals surface area contributed by atoms with Gasteiger partial charge in [0.15, 0.2) is 0 Å². The Kier molecular flexibility index (Phi) is 4.32. The van der Waals surface area contributed by atoms with Crippen molar-refractivity contribution in [2.24, 2.45) is 0 Å². The van der Waals surface area contributed by atoms with Gasteiger partial charge in [-0.1, -0.05) is 13.3 Å². The van der Waals surface area contributed by atoms with Crippen LogP contribution in [0.2, 0.25) is 0 Å². The summed E-state index contributed by atoms with van der Waals surface area (Å²) in [6, 6.07) is 0. The maximum Gasteiger partial charge on any atom is 0.147 e. The van der Waals surface area contributed by atoms with E-state index in [0.717, 1.165) is 25.2 Å². The van der Waals surface area contributed by atoms with Gasteiger partial charge in [0, 0.05) is 13.6 Å². The third-order valence-electron chi connectivity index (χ3n) is 2.07. The molecule has 0 fully saturated rings. The van der Waals surface area contributed by atoms with Gasteiger partial charge in [0.25, 0.3) is 0 Å². The Balaban J connectivity index is 2.64. The number of anilines is 1. The normalized spacial score (nSPS) is 10.2. The molecule has 1 aromatic rings. The van der Waals surface area contributed by atoms with Gasteiger partial charge >= 0.3 is 0 Å². The first-order valence-electron chi connectivity index (χ1n) is 4.90. The Bertz CT molecular complexity index is 278. The number of unbranched alkanes of at least 4 members (excludes halogenated alkanes) is 1. The van der Waals surface area contributed by atoms with E-state index in [2.05, 4.69) is 21.8 Å². The van der Waals surface area contributed by atoms with Gasteiger partial charge in [0.2, 0.25) is 0 Å². The standard InChI is InChI=1S/C10H17N3O/c1-3-4-5-13(2)10-7-11-6-9(8-14)12-10/h6-7,14H,3-5,8H2,1-2H3. The second-order valence-corrected chi connectivity index (χ2v) is 3.30. The van der Waals surface area contributed by atoms with Gasteiger partial charge in [0.05, 0.1) is 24.7 Å². The van der Waals surface area contributed by atoms with Crippen LogP contribution in [-0.2, 0) is 6.61 Å². The molecule has 1 heterocycles. The summed E-state index contributed by atoms with van der Waals surface area (Å²) in [5.41, 5.74) is 0.617. The van der Waals surface area contributed by atoms with Crippen molar-refractivity contribution in [3.05, 3.63) is 18.1 Å². The highest BCUT2D eigenvalue weighted by molar-refractivity contribution is 5.34. The number of rotatable bonds is 5. The maximum atomic E-state index is 8.90. The van der Waals surface area contributed by atoms with Crippen molar-refractivity contribution < 1.29 is 5.11 Å². The molecule has 1 aromatic heterocycles. The molecule has 0 unspecified atom stereocenters. The minimum Gasteiger partial charge on any atom is -0.390 e. The second-order valence-electron chi connectivity index (χ2n) is 3.30. The predicted octanol–water partition coefficient (Wildman–Crippen LogP) is 1.21. The molecule has 0 spiro atoms. The summed E-state index contributed by atoms with van der Waals surface area (Å²) in [5.74, 6) is 0.824. The molecule has 0 saturated heterocycles. The van der Waals surface area contributed by atoms with E-state index in [-0.39, 0.29) is 6.61 Å². The average Bonchev–Trinajstić information content (AvgIpc) is 2.26. The molecule has 0 aliphatic carbocycles. The van der Waals surface area contributed by atoms with Crippen LogP contribution in [0.1, 0.15) is 25.5 Å². The highest BCUT2D eigenvalue weighted by Gasteiger charge is 2.02. The average molecular weight is 195 g/mol. The van der Waals surface area contributed by atoms with Gasteiger partial charge in [-0.3, -0.25) is 4.98 Å². The molecule has 0 radical (unpaired) electrons. The molecule has 0 aliphatic heterocycles. The molecule has 1 rings (SSSR count). The van der Waals surface area contributed by atoms with Crippen molar-refractivity contribution >= 4 is 5.82 Å². The first kappa shape index (κ1) is 10.9. The predicted molar refractivity (Wildman–Crippen MR) is 56.1 cm³/mol. The lowest BCUT2D eigenvalue weighted by atomic mass is 10.3. The molecule has 1 N–H and O–H groups in total. The minimum absolute atomic E-state index is 0.0531. The van der Waals surface area contributed by atoms with Gasteiger partial charge in [-0.05, 0) is 6.42 Å². The summed E-state index contributed by atoms with van der Waals surface area (Å²) in [4.78, 5) is 10.3. The van der Waals surface area contributed by atoms with Crippen molar-refractivity contribution in [2.75, 3.05) is 18.5 Å². The Morgan fingerprint density at radius 1 is 1.43 bits per heavy atom. The Labute approximate surface area is 84.6 Å². The molecule has 0 aliphatic rings. The molecular weight excluding hydrogens is 178 g/mol. The number of aromatic nitrogens is 2. The second kappa shape index (κ2) is 5.54. The molecule has 0 atom stereocenters.